The molecule has 0 radical (unpaired) electrons. The standard InChI is InChI=1S/C14H18F3NO/c15-14(16,17)19-13-7-2-1-6-12(13)10-18-9-8-11-4-3-5-11/h1-2,6-7,11,18H,3-5,8-10H2. The first-order valence-electron chi connectivity index (χ1n) is 6.59. The molecule has 106 valence electrons. The van der Waals surface area contributed by atoms with Crippen LogP contribution in [-0.2, 0) is 6.54 Å². The van der Waals surface area contributed by atoms with E-state index in [-0.39, 0.29) is 5.75 Å². The second-order valence-corrected chi connectivity index (χ2v) is 4.92. The molecule has 0 aliphatic heterocycles. The van der Waals surface area contributed by atoms with Crippen LogP contribution in [0.2, 0.25) is 0 Å². The molecular formula is C14H18F3NO. The zero-order valence-corrected chi connectivity index (χ0v) is 10.7. The Balaban J connectivity index is 1.81. The minimum Gasteiger partial charge on any atom is -0.405 e. The van der Waals surface area contributed by atoms with Gasteiger partial charge in [0, 0.05) is 12.1 Å². The van der Waals surface area contributed by atoms with E-state index in [1.807, 2.05) is 0 Å². The van der Waals surface area contributed by atoms with E-state index in [1.165, 1.54) is 25.3 Å². The van der Waals surface area contributed by atoms with Crippen LogP contribution >= 0.6 is 0 Å². The number of halogens is 3. The van der Waals surface area contributed by atoms with E-state index in [2.05, 4.69) is 10.1 Å². The zero-order chi connectivity index (χ0) is 13.7. The van der Waals surface area contributed by atoms with Gasteiger partial charge in [0.15, 0.2) is 0 Å². The predicted molar refractivity (Wildman–Crippen MR) is 66.8 cm³/mol. The van der Waals surface area contributed by atoms with E-state index in [0.717, 1.165) is 18.9 Å². The number of hydrogen-bond donors (Lipinski definition) is 1. The number of rotatable bonds is 6. The van der Waals surface area contributed by atoms with Gasteiger partial charge in [-0.25, -0.2) is 0 Å². The molecule has 2 rings (SSSR count). The van der Waals surface area contributed by atoms with Crippen molar-refractivity contribution < 1.29 is 17.9 Å². The summed E-state index contributed by atoms with van der Waals surface area (Å²) >= 11 is 0. The van der Waals surface area contributed by atoms with Gasteiger partial charge in [-0.3, -0.25) is 0 Å². The lowest BCUT2D eigenvalue weighted by atomic mass is 9.83. The fourth-order valence-electron chi connectivity index (χ4n) is 2.18. The van der Waals surface area contributed by atoms with E-state index in [1.54, 1.807) is 18.2 Å². The molecule has 1 aromatic rings. The summed E-state index contributed by atoms with van der Waals surface area (Å²) in [6.45, 7) is 1.24. The van der Waals surface area contributed by atoms with Gasteiger partial charge in [0.25, 0.3) is 0 Å². The fourth-order valence-corrected chi connectivity index (χ4v) is 2.18. The van der Waals surface area contributed by atoms with Crippen molar-refractivity contribution in [2.75, 3.05) is 6.54 Å². The maximum Gasteiger partial charge on any atom is 0.573 e. The number of para-hydroxylation sites is 1. The SMILES string of the molecule is FC(F)(F)Oc1ccccc1CNCCC1CCC1. The topological polar surface area (TPSA) is 21.3 Å². The summed E-state index contributed by atoms with van der Waals surface area (Å²) in [7, 11) is 0. The zero-order valence-electron chi connectivity index (χ0n) is 10.7. The molecule has 0 aromatic heterocycles. The Hall–Kier alpha value is -1.23. The lowest BCUT2D eigenvalue weighted by molar-refractivity contribution is -0.274. The van der Waals surface area contributed by atoms with Crippen molar-refractivity contribution in [1.82, 2.24) is 5.32 Å². The summed E-state index contributed by atoms with van der Waals surface area (Å²) < 4.78 is 40.7. The number of nitrogens with one attached hydrogen (secondary N) is 1. The highest BCUT2D eigenvalue weighted by atomic mass is 19.4. The van der Waals surface area contributed by atoms with Crippen LogP contribution in [0.5, 0.6) is 5.75 Å². The van der Waals surface area contributed by atoms with E-state index in [4.69, 9.17) is 0 Å². The molecule has 0 unspecified atom stereocenters. The molecule has 2 nitrogen and oxygen atoms in total. The summed E-state index contributed by atoms with van der Waals surface area (Å²) in [4.78, 5) is 0. The van der Waals surface area contributed by atoms with E-state index < -0.39 is 6.36 Å². The first kappa shape index (κ1) is 14.2. The number of benzene rings is 1. The van der Waals surface area contributed by atoms with E-state index in [0.29, 0.717) is 12.1 Å². The normalized spacial score (nSPS) is 16.2. The van der Waals surface area contributed by atoms with Gasteiger partial charge < -0.3 is 10.1 Å². The summed E-state index contributed by atoms with van der Waals surface area (Å²) in [6.07, 6.45) is 0.349. The van der Waals surface area contributed by atoms with Crippen molar-refractivity contribution in [3.05, 3.63) is 29.8 Å². The molecule has 0 amide bonds. The summed E-state index contributed by atoms with van der Waals surface area (Å²) in [5, 5.41) is 3.18. The molecule has 1 aliphatic rings. The van der Waals surface area contributed by atoms with Crippen LogP contribution in [0.1, 0.15) is 31.2 Å². The first-order chi connectivity index (χ1) is 9.04. The molecule has 0 spiro atoms. The van der Waals surface area contributed by atoms with Gasteiger partial charge in [0.05, 0.1) is 0 Å². The summed E-state index contributed by atoms with van der Waals surface area (Å²) in [5.41, 5.74) is 0.536. The highest BCUT2D eigenvalue weighted by Crippen LogP contribution is 2.29. The number of alkyl halides is 3. The van der Waals surface area contributed by atoms with E-state index >= 15 is 0 Å². The largest absolute Gasteiger partial charge is 0.573 e. The van der Waals surface area contributed by atoms with Crippen molar-refractivity contribution in [1.29, 1.82) is 0 Å². The molecular weight excluding hydrogens is 255 g/mol. The molecule has 0 atom stereocenters. The van der Waals surface area contributed by atoms with Gasteiger partial charge >= 0.3 is 6.36 Å². The molecule has 1 aromatic carbocycles. The second-order valence-electron chi connectivity index (χ2n) is 4.92. The highest BCUT2D eigenvalue weighted by molar-refractivity contribution is 5.33. The Morgan fingerprint density at radius 3 is 2.58 bits per heavy atom. The third kappa shape index (κ3) is 4.74. The third-order valence-corrected chi connectivity index (χ3v) is 3.47. The van der Waals surface area contributed by atoms with Gasteiger partial charge in [-0.05, 0) is 24.9 Å². The predicted octanol–water partition coefficient (Wildman–Crippen LogP) is 3.87. The summed E-state index contributed by atoms with van der Waals surface area (Å²) in [6, 6.07) is 6.25. The van der Waals surface area contributed by atoms with Gasteiger partial charge in [-0.2, -0.15) is 0 Å². The van der Waals surface area contributed by atoms with Gasteiger partial charge in [0.2, 0.25) is 0 Å². The minimum absolute atomic E-state index is 0.119. The quantitative estimate of drug-likeness (QED) is 0.794. The van der Waals surface area contributed by atoms with Crippen LogP contribution in [0, 0.1) is 5.92 Å². The minimum atomic E-state index is -4.64. The van der Waals surface area contributed by atoms with Gasteiger partial charge in [-0.1, -0.05) is 37.5 Å². The Bertz CT molecular complexity index is 402. The Labute approximate surface area is 111 Å². The lowest BCUT2D eigenvalue weighted by Crippen LogP contribution is -2.22. The van der Waals surface area contributed by atoms with Crippen LogP contribution in [0.3, 0.4) is 0 Å². The molecule has 0 bridgehead atoms. The van der Waals surface area contributed by atoms with Crippen molar-refractivity contribution in [3.63, 3.8) is 0 Å². The van der Waals surface area contributed by atoms with Crippen LogP contribution in [-0.4, -0.2) is 12.9 Å². The molecule has 1 saturated carbocycles. The molecule has 1 aliphatic carbocycles. The summed E-state index contributed by atoms with van der Waals surface area (Å²) in [5.74, 6) is 0.681. The average Bonchev–Trinajstić information content (AvgIpc) is 2.26. The maximum atomic E-state index is 12.2. The monoisotopic (exact) mass is 273 g/mol. The van der Waals surface area contributed by atoms with Crippen molar-refractivity contribution >= 4 is 0 Å². The Kier molecular flexibility index (Phi) is 4.69. The van der Waals surface area contributed by atoms with E-state index in [9.17, 15) is 13.2 Å². The lowest BCUT2D eigenvalue weighted by Gasteiger charge is -2.25. The van der Waals surface area contributed by atoms with Crippen molar-refractivity contribution in [3.8, 4) is 5.75 Å². The van der Waals surface area contributed by atoms with Gasteiger partial charge in [0.1, 0.15) is 5.75 Å². The van der Waals surface area contributed by atoms with Crippen LogP contribution in [0.15, 0.2) is 24.3 Å². The first-order valence-corrected chi connectivity index (χ1v) is 6.59. The maximum absolute atomic E-state index is 12.2. The molecule has 19 heavy (non-hydrogen) atoms. The Morgan fingerprint density at radius 1 is 1.21 bits per heavy atom. The third-order valence-electron chi connectivity index (χ3n) is 3.47. The van der Waals surface area contributed by atoms with Crippen LogP contribution < -0.4 is 10.1 Å². The highest BCUT2D eigenvalue weighted by Gasteiger charge is 2.31. The number of hydrogen-bond acceptors (Lipinski definition) is 2. The van der Waals surface area contributed by atoms with Crippen molar-refractivity contribution in [2.24, 2.45) is 5.92 Å². The van der Waals surface area contributed by atoms with Crippen molar-refractivity contribution in [2.45, 2.75) is 38.6 Å². The molecule has 5 heteroatoms. The van der Waals surface area contributed by atoms with Gasteiger partial charge in [-0.15, -0.1) is 13.2 Å². The van der Waals surface area contributed by atoms with Crippen LogP contribution in [0.25, 0.3) is 0 Å². The molecule has 1 fully saturated rings. The molecule has 0 saturated heterocycles. The van der Waals surface area contributed by atoms with Crippen LogP contribution in [0.4, 0.5) is 13.2 Å². The molecule has 1 N–H and O–H groups in total. The molecule has 0 heterocycles. The Morgan fingerprint density at radius 2 is 1.95 bits per heavy atom. The second kappa shape index (κ2) is 6.28. The number of ether oxygens (including phenoxy) is 1. The fraction of sp³-hybridized carbons (Fsp3) is 0.571. The average molecular weight is 273 g/mol. The smallest absolute Gasteiger partial charge is 0.405 e.